The molecule has 4 aromatic carbocycles. The van der Waals surface area contributed by atoms with Gasteiger partial charge in [0.05, 0.1) is 22.4 Å². The minimum Gasteiger partial charge on any atom is -0.748 e. The van der Waals surface area contributed by atoms with Gasteiger partial charge >= 0.3 is 0 Å². The standard InChI is InChI=1S/C27H23P2.CH4O3S/c1-29(26-18-10-4-11-19-26,27-20-12-5-13-21-27)23-22-28(24-14-6-2-7-15-24)25-16-8-3-9-17-25;1-5(2,3)4/h2-21H,1H3;1H3,(H,2,3,4)/q+1;/p-1. The van der Waals surface area contributed by atoms with Crippen LogP contribution < -0.4 is 21.2 Å². The van der Waals surface area contributed by atoms with Gasteiger partial charge in [0.1, 0.15) is 10.6 Å². The Morgan fingerprint density at radius 3 is 1.26 bits per heavy atom. The highest BCUT2D eigenvalue weighted by molar-refractivity contribution is 7.93. The van der Waals surface area contributed by atoms with E-state index in [-0.39, 0.29) is 0 Å². The van der Waals surface area contributed by atoms with Crippen molar-refractivity contribution < 1.29 is 13.0 Å². The molecule has 0 aliphatic rings. The van der Waals surface area contributed by atoms with Crippen molar-refractivity contribution in [3.05, 3.63) is 121 Å². The van der Waals surface area contributed by atoms with Crippen LogP contribution in [-0.4, -0.2) is 25.9 Å². The Morgan fingerprint density at radius 2 is 0.941 bits per heavy atom. The fourth-order valence-electron chi connectivity index (χ4n) is 3.31. The van der Waals surface area contributed by atoms with Crippen LogP contribution in [0.15, 0.2) is 121 Å². The molecule has 3 nitrogen and oxygen atoms in total. The summed E-state index contributed by atoms with van der Waals surface area (Å²) in [5, 5.41) is 5.26. The molecule has 172 valence electrons. The molecule has 0 atom stereocenters. The zero-order valence-electron chi connectivity index (χ0n) is 19.1. The van der Waals surface area contributed by atoms with Gasteiger partial charge in [0.25, 0.3) is 0 Å². The van der Waals surface area contributed by atoms with E-state index >= 15 is 0 Å². The third kappa shape index (κ3) is 7.63. The van der Waals surface area contributed by atoms with E-state index in [1.54, 1.807) is 0 Å². The van der Waals surface area contributed by atoms with Crippen molar-refractivity contribution in [2.75, 3.05) is 12.9 Å². The predicted molar refractivity (Wildman–Crippen MR) is 147 cm³/mol. The van der Waals surface area contributed by atoms with Crippen LogP contribution in [0.4, 0.5) is 0 Å². The number of hydrogen-bond donors (Lipinski definition) is 0. The molecule has 34 heavy (non-hydrogen) atoms. The molecule has 0 saturated heterocycles. The first kappa shape index (κ1) is 25.8. The number of rotatable bonds is 4. The molecule has 0 unspecified atom stereocenters. The quantitative estimate of drug-likeness (QED) is 0.234. The van der Waals surface area contributed by atoms with E-state index in [1.165, 1.54) is 21.2 Å². The Kier molecular flexibility index (Phi) is 9.17. The van der Waals surface area contributed by atoms with Gasteiger partial charge in [-0.2, -0.15) is 0 Å². The molecular formula is C28H26O3P2S. The normalized spacial score (nSPS) is 11.1. The largest absolute Gasteiger partial charge is 0.748 e. The van der Waals surface area contributed by atoms with Crippen LogP contribution in [0.25, 0.3) is 0 Å². The maximum absolute atomic E-state index is 9.08. The molecule has 0 aromatic heterocycles. The number of hydrogen-bond acceptors (Lipinski definition) is 3. The monoisotopic (exact) mass is 504 g/mol. The molecule has 4 rings (SSSR count). The maximum Gasteiger partial charge on any atom is 0.154 e. The van der Waals surface area contributed by atoms with Gasteiger partial charge in [-0.05, 0) is 40.5 Å². The van der Waals surface area contributed by atoms with Gasteiger partial charge in [-0.1, -0.05) is 97.1 Å². The van der Waals surface area contributed by atoms with E-state index in [1.807, 2.05) is 0 Å². The lowest BCUT2D eigenvalue weighted by molar-refractivity contribution is 0.470. The van der Waals surface area contributed by atoms with Crippen molar-refractivity contribution >= 4 is 46.5 Å². The summed E-state index contributed by atoms with van der Waals surface area (Å²) in [6.07, 6.45) is 0.604. The summed E-state index contributed by atoms with van der Waals surface area (Å²) < 4.78 is 27.2. The highest BCUT2D eigenvalue weighted by Crippen LogP contribution is 2.52. The zero-order chi connectivity index (χ0) is 24.4. The van der Waals surface area contributed by atoms with Gasteiger partial charge in [0.2, 0.25) is 0 Å². The predicted octanol–water partition coefficient (Wildman–Crippen LogP) is 4.50. The van der Waals surface area contributed by atoms with Crippen molar-refractivity contribution in [1.82, 2.24) is 0 Å². The van der Waals surface area contributed by atoms with E-state index in [0.29, 0.717) is 6.26 Å². The van der Waals surface area contributed by atoms with Gasteiger partial charge in [-0.25, -0.2) is 8.42 Å². The van der Waals surface area contributed by atoms with E-state index in [0.717, 1.165) is 0 Å². The zero-order valence-corrected chi connectivity index (χ0v) is 21.7. The first-order valence-corrected chi connectivity index (χ1v) is 16.0. The molecule has 0 fully saturated rings. The fourth-order valence-corrected chi connectivity index (χ4v) is 8.10. The van der Waals surface area contributed by atoms with Crippen molar-refractivity contribution in [1.29, 1.82) is 0 Å². The second-order valence-electron chi connectivity index (χ2n) is 7.61. The van der Waals surface area contributed by atoms with E-state index in [4.69, 9.17) is 13.0 Å². The summed E-state index contributed by atoms with van der Waals surface area (Å²) in [6.45, 7) is 2.34. The SMILES string of the molecule is CS(=O)(=O)[O-].C[P+](C#CP(c1ccccc1)c1ccccc1)(c1ccccc1)c1ccccc1. The van der Waals surface area contributed by atoms with Crippen LogP contribution in [0.3, 0.4) is 0 Å². The summed E-state index contributed by atoms with van der Waals surface area (Å²) in [5.41, 5.74) is 7.57. The molecule has 0 aliphatic heterocycles. The van der Waals surface area contributed by atoms with Crippen LogP contribution >= 0.6 is 15.2 Å². The highest BCUT2D eigenvalue weighted by Gasteiger charge is 2.36. The first-order chi connectivity index (χ1) is 16.3. The molecule has 0 N–H and O–H groups in total. The van der Waals surface area contributed by atoms with Crippen molar-refractivity contribution in [3.63, 3.8) is 0 Å². The lowest BCUT2D eigenvalue weighted by atomic mass is 10.4. The Hall–Kier alpha value is -2.79. The highest BCUT2D eigenvalue weighted by atomic mass is 32.2. The second-order valence-corrected chi connectivity index (χ2v) is 14.2. The molecule has 0 spiro atoms. The van der Waals surface area contributed by atoms with Crippen LogP contribution in [0.2, 0.25) is 0 Å². The minimum absolute atomic E-state index is 0.604. The fraction of sp³-hybridized carbons (Fsp3) is 0.0714. The summed E-state index contributed by atoms with van der Waals surface area (Å²) in [6, 6.07) is 42.9. The van der Waals surface area contributed by atoms with Crippen LogP contribution in [0, 0.1) is 11.3 Å². The van der Waals surface area contributed by atoms with Gasteiger partial charge in [0.15, 0.2) is 7.26 Å². The third-order valence-corrected chi connectivity index (χ3v) is 10.3. The minimum atomic E-state index is -3.92. The smallest absolute Gasteiger partial charge is 0.154 e. The average Bonchev–Trinajstić information content (AvgIpc) is 2.85. The molecule has 4 aromatic rings. The molecule has 0 amide bonds. The second kappa shape index (κ2) is 12.1. The molecule has 0 heterocycles. The Bertz CT molecular complexity index is 1250. The lowest BCUT2D eigenvalue weighted by Gasteiger charge is -2.17. The Balaban J connectivity index is 0.000000588. The van der Waals surface area contributed by atoms with Gasteiger partial charge < -0.3 is 4.55 Å². The van der Waals surface area contributed by atoms with Gasteiger partial charge in [-0.3, -0.25) is 0 Å². The Morgan fingerprint density at radius 1 is 0.647 bits per heavy atom. The van der Waals surface area contributed by atoms with Crippen molar-refractivity contribution in [2.24, 2.45) is 0 Å². The summed E-state index contributed by atoms with van der Waals surface area (Å²) in [5.74, 6) is 0. The lowest BCUT2D eigenvalue weighted by Crippen LogP contribution is -2.20. The molecule has 0 radical (unpaired) electrons. The van der Waals surface area contributed by atoms with Crippen molar-refractivity contribution in [3.8, 4) is 11.3 Å². The first-order valence-electron chi connectivity index (χ1n) is 10.6. The number of benzene rings is 4. The van der Waals surface area contributed by atoms with Crippen LogP contribution in [-0.2, 0) is 10.1 Å². The van der Waals surface area contributed by atoms with E-state index in [9.17, 15) is 0 Å². The molecule has 0 saturated carbocycles. The topological polar surface area (TPSA) is 57.2 Å². The summed E-state index contributed by atoms with van der Waals surface area (Å²) in [7, 11) is -6.46. The molecular weight excluding hydrogens is 478 g/mol. The Labute approximate surface area is 204 Å². The van der Waals surface area contributed by atoms with E-state index < -0.39 is 25.3 Å². The summed E-state index contributed by atoms with van der Waals surface area (Å²) >= 11 is 0. The van der Waals surface area contributed by atoms with Crippen molar-refractivity contribution in [2.45, 2.75) is 0 Å². The van der Waals surface area contributed by atoms with Crippen LogP contribution in [0.1, 0.15) is 0 Å². The van der Waals surface area contributed by atoms with Gasteiger partial charge in [-0.15, -0.1) is 0 Å². The maximum atomic E-state index is 9.08. The van der Waals surface area contributed by atoms with Gasteiger partial charge in [0, 0.05) is 14.2 Å². The summed E-state index contributed by atoms with van der Waals surface area (Å²) in [4.78, 5) is 0. The van der Waals surface area contributed by atoms with E-state index in [2.05, 4.69) is 139 Å². The molecule has 6 heteroatoms. The average molecular weight is 505 g/mol. The molecule has 0 bridgehead atoms. The third-order valence-electron chi connectivity index (χ3n) is 4.96. The molecule has 0 aliphatic carbocycles. The van der Waals surface area contributed by atoms with Crippen LogP contribution in [0.5, 0.6) is 0 Å².